The molecule has 224 valence electrons. The van der Waals surface area contributed by atoms with E-state index in [0.717, 1.165) is 5.69 Å². The SMILES string of the molecule is c1ccc(-c2cc(-c3ccccc3)cc(-n3c4ccccc4c4cc(-c5ccc6c(c5)-c5cccc7cccc(c57)S6)ccc43)c2)cc1. The van der Waals surface area contributed by atoms with E-state index in [4.69, 9.17) is 0 Å². The monoisotopic (exact) mass is 627 g/mol. The van der Waals surface area contributed by atoms with Gasteiger partial charge in [0.25, 0.3) is 0 Å². The number of hydrogen-bond acceptors (Lipinski definition) is 1. The summed E-state index contributed by atoms with van der Waals surface area (Å²) < 4.78 is 2.44. The summed E-state index contributed by atoms with van der Waals surface area (Å²) in [6.45, 7) is 0. The molecule has 1 aliphatic heterocycles. The van der Waals surface area contributed by atoms with Crippen molar-refractivity contribution < 1.29 is 0 Å². The van der Waals surface area contributed by atoms with E-state index in [1.807, 2.05) is 11.8 Å². The Hall–Kier alpha value is -5.83. The Morgan fingerprint density at radius 1 is 0.354 bits per heavy atom. The predicted octanol–water partition coefficient (Wildman–Crippen LogP) is 13.1. The van der Waals surface area contributed by atoms with Crippen molar-refractivity contribution in [3.05, 3.63) is 176 Å². The average molecular weight is 628 g/mol. The van der Waals surface area contributed by atoms with Gasteiger partial charge in [-0.25, -0.2) is 0 Å². The van der Waals surface area contributed by atoms with Crippen molar-refractivity contribution in [2.75, 3.05) is 0 Å². The molecular weight excluding hydrogens is 599 g/mol. The van der Waals surface area contributed by atoms with Gasteiger partial charge in [-0.1, -0.05) is 133 Å². The van der Waals surface area contributed by atoms with Crippen molar-refractivity contribution in [2.24, 2.45) is 0 Å². The van der Waals surface area contributed by atoms with Crippen LogP contribution in [0.15, 0.2) is 186 Å². The van der Waals surface area contributed by atoms with E-state index < -0.39 is 0 Å². The van der Waals surface area contributed by atoms with E-state index in [2.05, 4.69) is 180 Å². The Morgan fingerprint density at radius 2 is 1.00 bits per heavy atom. The Bertz CT molecular complexity index is 2620. The lowest BCUT2D eigenvalue weighted by atomic mass is 9.94. The fourth-order valence-corrected chi connectivity index (χ4v) is 8.64. The number of aromatic nitrogens is 1. The molecule has 10 rings (SSSR count). The average Bonchev–Trinajstić information content (AvgIpc) is 3.49. The zero-order valence-corrected chi connectivity index (χ0v) is 26.9. The maximum atomic E-state index is 2.44. The minimum absolute atomic E-state index is 1.16. The summed E-state index contributed by atoms with van der Waals surface area (Å²) in [7, 11) is 0. The van der Waals surface area contributed by atoms with Crippen molar-refractivity contribution in [1.29, 1.82) is 0 Å². The van der Waals surface area contributed by atoms with Crippen LogP contribution in [0.25, 0.3) is 82.8 Å². The minimum atomic E-state index is 1.16. The zero-order chi connectivity index (χ0) is 31.6. The second-order valence-electron chi connectivity index (χ2n) is 12.6. The highest BCUT2D eigenvalue weighted by molar-refractivity contribution is 7.99. The maximum absolute atomic E-state index is 2.44. The Balaban J connectivity index is 1.16. The molecule has 0 saturated carbocycles. The lowest BCUT2D eigenvalue weighted by molar-refractivity contribution is 1.18. The van der Waals surface area contributed by atoms with Gasteiger partial charge in [-0.2, -0.15) is 0 Å². The lowest BCUT2D eigenvalue weighted by Crippen LogP contribution is -1.96. The van der Waals surface area contributed by atoms with Gasteiger partial charge in [0.2, 0.25) is 0 Å². The first-order valence-corrected chi connectivity index (χ1v) is 17.2. The van der Waals surface area contributed by atoms with Gasteiger partial charge in [0.15, 0.2) is 0 Å². The first-order chi connectivity index (χ1) is 23.8. The third-order valence-electron chi connectivity index (χ3n) is 9.75. The van der Waals surface area contributed by atoms with Crippen molar-refractivity contribution in [3.63, 3.8) is 0 Å². The van der Waals surface area contributed by atoms with E-state index in [1.54, 1.807) is 0 Å². The molecule has 0 spiro atoms. The minimum Gasteiger partial charge on any atom is -0.309 e. The summed E-state index contributed by atoms with van der Waals surface area (Å²) in [5, 5.41) is 5.18. The molecule has 2 heteroatoms. The number of hydrogen-bond donors (Lipinski definition) is 0. The summed E-state index contributed by atoms with van der Waals surface area (Å²) in [5.41, 5.74) is 13.5. The molecule has 1 nitrogen and oxygen atoms in total. The Kier molecular flexibility index (Phi) is 6.18. The number of fused-ring (bicyclic) bond motifs is 5. The number of para-hydroxylation sites is 1. The largest absolute Gasteiger partial charge is 0.309 e. The van der Waals surface area contributed by atoms with Gasteiger partial charge in [0.1, 0.15) is 0 Å². The van der Waals surface area contributed by atoms with Gasteiger partial charge in [-0.05, 0) is 104 Å². The van der Waals surface area contributed by atoms with Crippen molar-refractivity contribution in [2.45, 2.75) is 9.79 Å². The zero-order valence-electron chi connectivity index (χ0n) is 26.1. The van der Waals surface area contributed by atoms with Gasteiger partial charge in [0, 0.05) is 31.6 Å². The van der Waals surface area contributed by atoms with Crippen LogP contribution in [0.4, 0.5) is 0 Å². The van der Waals surface area contributed by atoms with E-state index in [-0.39, 0.29) is 0 Å². The van der Waals surface area contributed by atoms with Crippen LogP contribution in [-0.2, 0) is 0 Å². The van der Waals surface area contributed by atoms with Crippen LogP contribution < -0.4 is 0 Å². The molecule has 0 amide bonds. The predicted molar refractivity (Wildman–Crippen MR) is 204 cm³/mol. The summed E-state index contributed by atoms with van der Waals surface area (Å²) in [6.07, 6.45) is 0. The molecule has 0 unspecified atom stereocenters. The second kappa shape index (κ2) is 10.9. The van der Waals surface area contributed by atoms with Crippen LogP contribution in [0.3, 0.4) is 0 Å². The van der Waals surface area contributed by atoms with Gasteiger partial charge < -0.3 is 4.57 Å². The van der Waals surface area contributed by atoms with Crippen LogP contribution in [0.5, 0.6) is 0 Å². The van der Waals surface area contributed by atoms with Gasteiger partial charge in [-0.3, -0.25) is 0 Å². The molecule has 2 heterocycles. The molecular formula is C46H29NS. The number of nitrogens with zero attached hydrogens (tertiary/aromatic N) is 1. The molecule has 0 fully saturated rings. The number of rotatable bonds is 4. The summed E-state index contributed by atoms with van der Waals surface area (Å²) >= 11 is 1.88. The topological polar surface area (TPSA) is 4.93 Å². The first-order valence-electron chi connectivity index (χ1n) is 16.4. The van der Waals surface area contributed by atoms with Crippen molar-refractivity contribution >= 4 is 44.3 Å². The normalized spacial score (nSPS) is 12.1. The molecule has 0 aliphatic carbocycles. The fourth-order valence-electron chi connectivity index (χ4n) is 7.51. The molecule has 0 N–H and O–H groups in total. The standard InChI is InChI=1S/C46H29NS/c1-3-11-30(12-4-1)35-25-36(31-13-5-2-6-14-31)27-37(26-35)47-42-19-8-7-17-38(42)40-28-33(21-23-43(40)47)34-22-24-44-41(29-34)39-18-9-15-32-16-10-20-45(48-44)46(32)39/h1-29H. The molecule has 9 aromatic rings. The first kappa shape index (κ1) is 27.3. The molecule has 8 aromatic carbocycles. The van der Waals surface area contributed by atoms with E-state index in [0.29, 0.717) is 0 Å². The highest BCUT2D eigenvalue weighted by atomic mass is 32.2. The Labute approximate surface area is 283 Å². The van der Waals surface area contributed by atoms with Crippen LogP contribution in [0.1, 0.15) is 0 Å². The fraction of sp³-hybridized carbons (Fsp3) is 0. The van der Waals surface area contributed by atoms with Crippen molar-refractivity contribution in [1.82, 2.24) is 4.57 Å². The second-order valence-corrected chi connectivity index (χ2v) is 13.6. The van der Waals surface area contributed by atoms with Gasteiger partial charge >= 0.3 is 0 Å². The Morgan fingerprint density at radius 3 is 1.77 bits per heavy atom. The van der Waals surface area contributed by atoms with Crippen LogP contribution in [0, 0.1) is 0 Å². The van der Waals surface area contributed by atoms with Crippen LogP contribution >= 0.6 is 11.8 Å². The van der Waals surface area contributed by atoms with Crippen LogP contribution in [-0.4, -0.2) is 4.57 Å². The smallest absolute Gasteiger partial charge is 0.0541 e. The summed E-state index contributed by atoms with van der Waals surface area (Å²) in [5.74, 6) is 0. The molecule has 0 radical (unpaired) electrons. The van der Waals surface area contributed by atoms with Gasteiger partial charge in [0.05, 0.1) is 11.0 Å². The van der Waals surface area contributed by atoms with E-state index in [9.17, 15) is 0 Å². The number of benzene rings is 8. The quantitative estimate of drug-likeness (QED) is 0.188. The third kappa shape index (κ3) is 4.34. The maximum Gasteiger partial charge on any atom is 0.0541 e. The highest BCUT2D eigenvalue weighted by Crippen LogP contribution is 2.49. The van der Waals surface area contributed by atoms with Crippen LogP contribution in [0.2, 0.25) is 0 Å². The molecule has 0 saturated heterocycles. The molecule has 0 bridgehead atoms. The van der Waals surface area contributed by atoms with Gasteiger partial charge in [-0.15, -0.1) is 0 Å². The third-order valence-corrected chi connectivity index (χ3v) is 10.9. The molecule has 1 aliphatic rings. The summed E-state index contributed by atoms with van der Waals surface area (Å²) in [6, 6.07) is 64.5. The molecule has 0 atom stereocenters. The molecule has 1 aromatic heterocycles. The lowest BCUT2D eigenvalue weighted by Gasteiger charge is -2.21. The molecule has 48 heavy (non-hydrogen) atoms. The summed E-state index contributed by atoms with van der Waals surface area (Å²) in [4.78, 5) is 2.65. The van der Waals surface area contributed by atoms with Crippen molar-refractivity contribution in [3.8, 4) is 50.2 Å². The van der Waals surface area contributed by atoms with E-state index >= 15 is 0 Å². The highest BCUT2D eigenvalue weighted by Gasteiger charge is 2.20. The van der Waals surface area contributed by atoms with E-state index in [1.165, 1.54) is 86.9 Å².